The van der Waals surface area contributed by atoms with Crippen LogP contribution >= 0.6 is 0 Å². The zero-order valence-electron chi connectivity index (χ0n) is 24.8. The number of carbonyl (C=O) groups is 2. The molecule has 2 aromatic rings. The Bertz CT molecular complexity index is 1330. The van der Waals surface area contributed by atoms with E-state index in [1.165, 1.54) is 35.6 Å². The third kappa shape index (κ3) is 6.79. The molecule has 4 N–H and O–H groups in total. The Morgan fingerprint density at radius 1 is 1.12 bits per heavy atom. The SMILES string of the molecule is CC(C)N(C(=O)C1=CC(C(N)=O)([C@H](Cc2cc(F)cc(F)c2)[C@@H](O)CNC2CCCc3ccccc32)CN=C1)C(C)C. The molecule has 1 aliphatic heterocycles. The Morgan fingerprint density at radius 3 is 2.43 bits per heavy atom. The summed E-state index contributed by atoms with van der Waals surface area (Å²) in [6, 6.07) is 11.1. The van der Waals surface area contributed by atoms with Crippen molar-refractivity contribution in [3.8, 4) is 0 Å². The Hall–Kier alpha value is -3.43. The van der Waals surface area contributed by atoms with E-state index in [-0.39, 0.29) is 54.7 Å². The van der Waals surface area contributed by atoms with Crippen LogP contribution in [0.4, 0.5) is 8.78 Å². The van der Waals surface area contributed by atoms with Gasteiger partial charge in [-0.25, -0.2) is 8.78 Å². The zero-order chi connectivity index (χ0) is 30.6. The van der Waals surface area contributed by atoms with Crippen molar-refractivity contribution < 1.29 is 23.5 Å². The molecule has 0 bridgehead atoms. The number of hydrogen-bond acceptors (Lipinski definition) is 5. The van der Waals surface area contributed by atoms with E-state index in [1.54, 1.807) is 4.90 Å². The predicted octanol–water partition coefficient (Wildman–Crippen LogP) is 4.28. The third-order valence-corrected chi connectivity index (χ3v) is 8.50. The monoisotopic (exact) mass is 580 g/mol. The van der Waals surface area contributed by atoms with Crippen molar-refractivity contribution in [1.82, 2.24) is 10.2 Å². The quantitative estimate of drug-likeness (QED) is 0.369. The highest BCUT2D eigenvalue weighted by atomic mass is 19.1. The summed E-state index contributed by atoms with van der Waals surface area (Å²) in [5.41, 5.74) is 7.36. The van der Waals surface area contributed by atoms with Crippen LogP contribution < -0.4 is 11.1 Å². The molecule has 4 rings (SSSR count). The minimum absolute atomic E-state index is 0.00379. The number of fused-ring (bicyclic) bond motifs is 1. The van der Waals surface area contributed by atoms with Gasteiger partial charge in [-0.15, -0.1) is 0 Å². The summed E-state index contributed by atoms with van der Waals surface area (Å²) in [5, 5.41) is 15.2. The number of aliphatic hydroxyl groups excluding tert-OH is 1. The van der Waals surface area contributed by atoms with Crippen molar-refractivity contribution in [3.63, 3.8) is 0 Å². The Balaban J connectivity index is 1.71. The molecule has 0 spiro atoms. The lowest BCUT2D eigenvalue weighted by Gasteiger charge is -2.41. The normalized spacial score (nSPS) is 21.5. The number of halogens is 2. The summed E-state index contributed by atoms with van der Waals surface area (Å²) in [6.07, 6.45) is 4.59. The zero-order valence-corrected chi connectivity index (χ0v) is 24.8. The first kappa shape index (κ1) is 31.5. The van der Waals surface area contributed by atoms with Gasteiger partial charge >= 0.3 is 0 Å². The van der Waals surface area contributed by atoms with E-state index < -0.39 is 35.0 Å². The van der Waals surface area contributed by atoms with Gasteiger partial charge in [-0.3, -0.25) is 14.6 Å². The van der Waals surface area contributed by atoms with E-state index in [2.05, 4.69) is 22.4 Å². The van der Waals surface area contributed by atoms with Crippen LogP contribution in [-0.4, -0.2) is 59.3 Å². The maximum Gasteiger partial charge on any atom is 0.255 e. The highest BCUT2D eigenvalue weighted by molar-refractivity contribution is 6.13. The van der Waals surface area contributed by atoms with Crippen LogP contribution in [0.25, 0.3) is 0 Å². The van der Waals surface area contributed by atoms with Gasteiger partial charge in [-0.1, -0.05) is 30.3 Å². The van der Waals surface area contributed by atoms with Crippen LogP contribution in [0.1, 0.15) is 63.3 Å². The average molecular weight is 581 g/mol. The molecule has 1 heterocycles. The van der Waals surface area contributed by atoms with Gasteiger partial charge in [0.1, 0.15) is 11.6 Å². The van der Waals surface area contributed by atoms with Crippen LogP contribution in [0.2, 0.25) is 0 Å². The number of aryl methyl sites for hydroxylation is 1. The number of amides is 2. The lowest BCUT2D eigenvalue weighted by atomic mass is 9.67. The Morgan fingerprint density at radius 2 is 1.79 bits per heavy atom. The number of aliphatic hydroxyl groups is 1. The van der Waals surface area contributed by atoms with Gasteiger partial charge in [0.2, 0.25) is 5.91 Å². The van der Waals surface area contributed by atoms with Crippen molar-refractivity contribution in [1.29, 1.82) is 0 Å². The summed E-state index contributed by atoms with van der Waals surface area (Å²) in [6.45, 7) is 7.61. The molecule has 0 radical (unpaired) electrons. The second-order valence-corrected chi connectivity index (χ2v) is 12.1. The number of nitrogens with zero attached hydrogens (tertiary/aromatic N) is 2. The number of nitrogens with one attached hydrogen (secondary N) is 1. The fourth-order valence-corrected chi connectivity index (χ4v) is 6.56. The first-order valence-corrected chi connectivity index (χ1v) is 14.7. The maximum atomic E-state index is 14.2. The first-order valence-electron chi connectivity index (χ1n) is 14.7. The van der Waals surface area contributed by atoms with E-state index in [4.69, 9.17) is 5.73 Å². The van der Waals surface area contributed by atoms with Crippen LogP contribution in [-0.2, 0) is 22.4 Å². The van der Waals surface area contributed by atoms with Crippen LogP contribution in [0, 0.1) is 23.0 Å². The van der Waals surface area contributed by atoms with Gasteiger partial charge in [0.05, 0.1) is 23.6 Å². The highest BCUT2D eigenvalue weighted by Gasteiger charge is 2.48. The average Bonchev–Trinajstić information content (AvgIpc) is 2.93. The molecule has 2 aromatic carbocycles. The van der Waals surface area contributed by atoms with Gasteiger partial charge in [-0.2, -0.15) is 0 Å². The second kappa shape index (κ2) is 13.3. The first-order chi connectivity index (χ1) is 19.9. The topological polar surface area (TPSA) is 108 Å². The molecule has 4 atom stereocenters. The van der Waals surface area contributed by atoms with E-state index in [9.17, 15) is 23.5 Å². The smallest absolute Gasteiger partial charge is 0.255 e. The van der Waals surface area contributed by atoms with Crippen molar-refractivity contribution in [2.45, 2.75) is 77.6 Å². The summed E-state index contributed by atoms with van der Waals surface area (Å²) in [4.78, 5) is 33.0. The molecule has 0 aromatic heterocycles. The molecule has 2 amide bonds. The molecular weight excluding hydrogens is 538 g/mol. The Labute approximate surface area is 246 Å². The van der Waals surface area contributed by atoms with Crippen molar-refractivity contribution in [2.75, 3.05) is 13.1 Å². The standard InChI is InChI=1S/C33H42F2N4O3/c1-20(2)39(21(3)4)31(41)24-16-33(32(36)42,19-37-17-24)28(14-22-12-25(34)15-26(35)13-22)30(40)18-38-29-11-7-9-23-8-5-6-10-27(23)29/h5-6,8,10,12-13,15-17,20-21,28-30,38,40H,7,9,11,14,18-19H2,1-4H3,(H2,36,42)/t28-,29?,30+,33?/m1/s1. The van der Waals surface area contributed by atoms with Crippen LogP contribution in [0.15, 0.2) is 59.1 Å². The molecule has 0 saturated carbocycles. The van der Waals surface area contributed by atoms with E-state index >= 15 is 0 Å². The molecule has 7 nitrogen and oxygen atoms in total. The predicted molar refractivity (Wildman–Crippen MR) is 160 cm³/mol. The molecule has 0 saturated heterocycles. The molecule has 2 unspecified atom stereocenters. The second-order valence-electron chi connectivity index (χ2n) is 12.1. The molecule has 42 heavy (non-hydrogen) atoms. The minimum atomic E-state index is -1.58. The number of dihydropyridines is 1. The minimum Gasteiger partial charge on any atom is -0.391 e. The van der Waals surface area contributed by atoms with Gasteiger partial charge in [0.15, 0.2) is 0 Å². The molecule has 1 aliphatic carbocycles. The third-order valence-electron chi connectivity index (χ3n) is 8.50. The molecule has 9 heteroatoms. The summed E-state index contributed by atoms with van der Waals surface area (Å²) in [5.74, 6) is -3.54. The van der Waals surface area contributed by atoms with Gasteiger partial charge in [0.25, 0.3) is 5.91 Å². The van der Waals surface area contributed by atoms with Crippen molar-refractivity contribution >= 4 is 18.0 Å². The summed E-state index contributed by atoms with van der Waals surface area (Å²) in [7, 11) is 0. The van der Waals surface area contributed by atoms with Gasteiger partial charge in [0, 0.05) is 42.9 Å². The maximum absolute atomic E-state index is 14.2. The lowest BCUT2D eigenvalue weighted by Crippen LogP contribution is -2.53. The number of primary amides is 1. The fraction of sp³-hybridized carbons (Fsp3) is 0.485. The van der Waals surface area contributed by atoms with E-state index in [0.29, 0.717) is 0 Å². The van der Waals surface area contributed by atoms with Gasteiger partial charge in [-0.05, 0) is 82.2 Å². The molecule has 226 valence electrons. The lowest BCUT2D eigenvalue weighted by molar-refractivity contribution is -0.130. The van der Waals surface area contributed by atoms with Crippen LogP contribution in [0.5, 0.6) is 0 Å². The highest BCUT2D eigenvalue weighted by Crippen LogP contribution is 2.39. The number of nitrogens with two attached hydrogens (primary N) is 1. The summed E-state index contributed by atoms with van der Waals surface area (Å²) >= 11 is 0. The largest absolute Gasteiger partial charge is 0.391 e. The van der Waals surface area contributed by atoms with Crippen molar-refractivity contribution in [2.24, 2.45) is 22.1 Å². The fourth-order valence-electron chi connectivity index (χ4n) is 6.56. The molecule has 2 aliphatic rings. The number of benzene rings is 2. The van der Waals surface area contributed by atoms with E-state index in [0.717, 1.165) is 25.3 Å². The van der Waals surface area contributed by atoms with Crippen LogP contribution in [0.3, 0.4) is 0 Å². The van der Waals surface area contributed by atoms with E-state index in [1.807, 2.05) is 39.8 Å². The van der Waals surface area contributed by atoms with Gasteiger partial charge < -0.3 is 21.1 Å². The summed E-state index contributed by atoms with van der Waals surface area (Å²) < 4.78 is 28.4. The number of hydrogen-bond donors (Lipinski definition) is 3. The number of rotatable bonds is 11. The van der Waals surface area contributed by atoms with Crippen molar-refractivity contribution in [3.05, 3.63) is 82.4 Å². The number of aliphatic imine (C=N–C) groups is 1. The molecular formula is C33H42F2N4O3. The Kier molecular flexibility index (Phi) is 9.94. The molecule has 0 fully saturated rings. The number of carbonyl (C=O) groups excluding carboxylic acids is 2.